The van der Waals surface area contributed by atoms with Crippen molar-refractivity contribution in [2.24, 2.45) is 11.7 Å². The Labute approximate surface area is 85.1 Å². The Kier molecular flexibility index (Phi) is 3.27. The Balaban J connectivity index is 3.20. The van der Waals surface area contributed by atoms with Crippen molar-refractivity contribution in [2.45, 2.75) is 33.7 Å². The topological polar surface area (TPSA) is 26.0 Å². The molecule has 0 saturated carbocycles. The van der Waals surface area contributed by atoms with E-state index in [1.54, 1.807) is 6.07 Å². The van der Waals surface area contributed by atoms with Crippen molar-refractivity contribution in [3.8, 4) is 0 Å². The van der Waals surface area contributed by atoms with E-state index in [1.807, 2.05) is 33.8 Å². The van der Waals surface area contributed by atoms with E-state index in [1.165, 1.54) is 0 Å². The summed E-state index contributed by atoms with van der Waals surface area (Å²) in [5.41, 5.74) is 8.50. The molecule has 0 heterocycles. The molecule has 1 atom stereocenters. The maximum Gasteiger partial charge on any atom is 0.128 e. The van der Waals surface area contributed by atoms with E-state index in [-0.39, 0.29) is 17.8 Å². The third-order valence-electron chi connectivity index (χ3n) is 2.53. The lowest BCUT2D eigenvalue weighted by Gasteiger charge is -2.19. The predicted octanol–water partition coefficient (Wildman–Crippen LogP) is 3.10. The van der Waals surface area contributed by atoms with Crippen LogP contribution in [0.5, 0.6) is 0 Å². The highest BCUT2D eigenvalue weighted by atomic mass is 19.1. The van der Waals surface area contributed by atoms with E-state index in [2.05, 4.69) is 0 Å². The van der Waals surface area contributed by atoms with Gasteiger partial charge in [-0.2, -0.15) is 0 Å². The van der Waals surface area contributed by atoms with Crippen molar-refractivity contribution in [2.75, 3.05) is 0 Å². The van der Waals surface area contributed by atoms with E-state index < -0.39 is 0 Å². The van der Waals surface area contributed by atoms with Gasteiger partial charge in [0.15, 0.2) is 0 Å². The molecule has 0 radical (unpaired) electrons. The molecule has 0 fully saturated rings. The maximum atomic E-state index is 13.6. The van der Waals surface area contributed by atoms with Crippen molar-refractivity contribution < 1.29 is 4.39 Å². The van der Waals surface area contributed by atoms with Crippen LogP contribution in [0.15, 0.2) is 12.1 Å². The summed E-state index contributed by atoms with van der Waals surface area (Å²) in [5.74, 6) is 0.0783. The third-order valence-corrected chi connectivity index (χ3v) is 2.53. The molecule has 0 saturated heterocycles. The van der Waals surface area contributed by atoms with Gasteiger partial charge in [0, 0.05) is 11.6 Å². The Morgan fingerprint density at radius 3 is 2.21 bits per heavy atom. The van der Waals surface area contributed by atoms with Gasteiger partial charge in [-0.15, -0.1) is 0 Å². The van der Waals surface area contributed by atoms with Gasteiger partial charge in [0.25, 0.3) is 0 Å². The first-order valence-electron chi connectivity index (χ1n) is 4.95. The maximum absolute atomic E-state index is 13.6. The minimum Gasteiger partial charge on any atom is -0.324 e. The van der Waals surface area contributed by atoms with Gasteiger partial charge in [-0.1, -0.05) is 19.9 Å². The molecule has 0 bridgehead atoms. The van der Waals surface area contributed by atoms with Crippen LogP contribution in [-0.4, -0.2) is 0 Å². The molecule has 1 nitrogen and oxygen atoms in total. The van der Waals surface area contributed by atoms with Crippen LogP contribution in [0.2, 0.25) is 0 Å². The Morgan fingerprint density at radius 2 is 1.79 bits per heavy atom. The molecule has 0 amide bonds. The lowest BCUT2D eigenvalue weighted by molar-refractivity contribution is 0.482. The number of hydrogen-bond donors (Lipinski definition) is 1. The standard InChI is InChI=1S/C12H18FN/c1-7(2)12(14)11-9(4)5-8(3)6-10(11)13/h5-7,12H,14H2,1-4H3. The van der Waals surface area contributed by atoms with Gasteiger partial charge in [0.1, 0.15) is 5.82 Å². The van der Waals surface area contributed by atoms with Crippen LogP contribution in [0.1, 0.15) is 36.6 Å². The van der Waals surface area contributed by atoms with E-state index in [0.717, 1.165) is 11.1 Å². The highest BCUT2D eigenvalue weighted by molar-refractivity contribution is 5.34. The average molecular weight is 195 g/mol. The summed E-state index contributed by atoms with van der Waals surface area (Å²) in [6.45, 7) is 7.81. The zero-order valence-corrected chi connectivity index (χ0v) is 9.26. The fraction of sp³-hybridized carbons (Fsp3) is 0.500. The third kappa shape index (κ3) is 2.13. The van der Waals surface area contributed by atoms with Crippen molar-refractivity contribution in [3.63, 3.8) is 0 Å². The summed E-state index contributed by atoms with van der Waals surface area (Å²) in [4.78, 5) is 0. The zero-order valence-electron chi connectivity index (χ0n) is 9.26. The normalized spacial score (nSPS) is 13.4. The highest BCUT2D eigenvalue weighted by Crippen LogP contribution is 2.25. The predicted molar refractivity (Wildman–Crippen MR) is 57.6 cm³/mol. The van der Waals surface area contributed by atoms with E-state index in [9.17, 15) is 4.39 Å². The average Bonchev–Trinajstić information content (AvgIpc) is 2.01. The van der Waals surface area contributed by atoms with Crippen LogP contribution in [-0.2, 0) is 0 Å². The minimum absolute atomic E-state index is 0.177. The summed E-state index contributed by atoms with van der Waals surface area (Å²) >= 11 is 0. The second-order valence-corrected chi connectivity index (χ2v) is 4.25. The summed E-state index contributed by atoms with van der Waals surface area (Å²) in [6.07, 6.45) is 0. The smallest absolute Gasteiger partial charge is 0.128 e. The van der Waals surface area contributed by atoms with E-state index in [0.29, 0.717) is 5.56 Å². The van der Waals surface area contributed by atoms with Crippen molar-refractivity contribution in [3.05, 3.63) is 34.6 Å². The van der Waals surface area contributed by atoms with Crippen molar-refractivity contribution in [1.29, 1.82) is 0 Å². The number of halogens is 1. The van der Waals surface area contributed by atoms with Crippen LogP contribution < -0.4 is 5.73 Å². The van der Waals surface area contributed by atoms with Crippen LogP contribution in [0.25, 0.3) is 0 Å². The van der Waals surface area contributed by atoms with Crippen LogP contribution in [0.3, 0.4) is 0 Å². The van der Waals surface area contributed by atoms with Gasteiger partial charge in [0.2, 0.25) is 0 Å². The van der Waals surface area contributed by atoms with Gasteiger partial charge in [-0.25, -0.2) is 4.39 Å². The van der Waals surface area contributed by atoms with E-state index >= 15 is 0 Å². The molecular weight excluding hydrogens is 177 g/mol. The number of rotatable bonds is 2. The molecule has 1 rings (SSSR count). The van der Waals surface area contributed by atoms with Crippen molar-refractivity contribution in [1.82, 2.24) is 0 Å². The first kappa shape index (κ1) is 11.2. The summed E-state index contributed by atoms with van der Waals surface area (Å²) in [5, 5.41) is 0. The first-order valence-corrected chi connectivity index (χ1v) is 4.95. The number of benzene rings is 1. The van der Waals surface area contributed by atoms with Crippen LogP contribution in [0.4, 0.5) is 4.39 Å². The number of hydrogen-bond acceptors (Lipinski definition) is 1. The van der Waals surface area contributed by atoms with Crippen LogP contribution >= 0.6 is 0 Å². The van der Waals surface area contributed by atoms with Crippen molar-refractivity contribution >= 4 is 0 Å². The lowest BCUT2D eigenvalue weighted by atomic mass is 9.92. The van der Waals surface area contributed by atoms with E-state index in [4.69, 9.17) is 5.73 Å². The summed E-state index contributed by atoms with van der Waals surface area (Å²) in [7, 11) is 0. The SMILES string of the molecule is Cc1cc(C)c(C(N)C(C)C)c(F)c1. The molecule has 0 spiro atoms. The second-order valence-electron chi connectivity index (χ2n) is 4.25. The molecule has 0 aliphatic rings. The molecule has 14 heavy (non-hydrogen) atoms. The molecule has 1 aromatic carbocycles. The summed E-state index contributed by atoms with van der Waals surface area (Å²) in [6, 6.07) is 3.31. The van der Waals surface area contributed by atoms with Gasteiger partial charge in [0.05, 0.1) is 0 Å². The number of aryl methyl sites for hydroxylation is 2. The molecule has 1 aromatic rings. The molecule has 2 N–H and O–H groups in total. The Morgan fingerprint density at radius 1 is 1.21 bits per heavy atom. The molecule has 0 aromatic heterocycles. The largest absolute Gasteiger partial charge is 0.324 e. The fourth-order valence-electron chi connectivity index (χ4n) is 1.68. The zero-order chi connectivity index (χ0) is 10.9. The van der Waals surface area contributed by atoms with Gasteiger partial charge in [-0.05, 0) is 37.0 Å². The monoisotopic (exact) mass is 195 g/mol. The fourth-order valence-corrected chi connectivity index (χ4v) is 1.68. The van der Waals surface area contributed by atoms with Gasteiger partial charge in [-0.3, -0.25) is 0 Å². The van der Waals surface area contributed by atoms with Gasteiger partial charge < -0.3 is 5.73 Å². The highest BCUT2D eigenvalue weighted by Gasteiger charge is 2.17. The molecule has 0 aliphatic carbocycles. The minimum atomic E-state index is -0.212. The number of nitrogens with two attached hydrogens (primary N) is 1. The molecule has 2 heteroatoms. The molecule has 78 valence electrons. The Bertz CT molecular complexity index is 308. The van der Waals surface area contributed by atoms with Crippen LogP contribution in [0, 0.1) is 25.6 Å². The van der Waals surface area contributed by atoms with Gasteiger partial charge >= 0.3 is 0 Å². The summed E-state index contributed by atoms with van der Waals surface area (Å²) < 4.78 is 13.6. The quantitative estimate of drug-likeness (QED) is 0.771. The molecular formula is C12H18FN. The molecule has 1 unspecified atom stereocenters. The second kappa shape index (κ2) is 4.09. The Hall–Kier alpha value is -0.890. The lowest BCUT2D eigenvalue weighted by Crippen LogP contribution is -2.19. The molecule has 0 aliphatic heterocycles. The first-order chi connectivity index (χ1) is 6.43.